The van der Waals surface area contributed by atoms with Gasteiger partial charge < -0.3 is 10.6 Å². The first kappa shape index (κ1) is 16.0. The molecule has 0 saturated carbocycles. The number of nitrogens with zero attached hydrogens (tertiary/aromatic N) is 4. The Morgan fingerprint density at radius 3 is 2.03 bits per heavy atom. The molecule has 0 unspecified atom stereocenters. The molecule has 0 aliphatic heterocycles. The number of hydrogen-bond acceptors (Lipinski definition) is 7. The second kappa shape index (κ2) is 6.28. The van der Waals surface area contributed by atoms with Crippen LogP contribution in [0, 0.1) is 0 Å². The van der Waals surface area contributed by atoms with Gasteiger partial charge in [-0.2, -0.15) is 10.2 Å². The van der Waals surface area contributed by atoms with Crippen LogP contribution in [-0.2, 0) is 0 Å². The number of nitrogens with one attached hydrogen (secondary N) is 4. The van der Waals surface area contributed by atoms with E-state index in [1.54, 1.807) is 23.7 Å². The second-order valence-electron chi connectivity index (χ2n) is 6.65. The molecule has 0 saturated heterocycles. The van der Waals surface area contributed by atoms with E-state index >= 15 is 0 Å². The van der Waals surface area contributed by atoms with Crippen molar-refractivity contribution in [1.29, 1.82) is 0 Å². The van der Waals surface area contributed by atoms with Crippen molar-refractivity contribution in [3.63, 3.8) is 0 Å². The number of fused-ring (bicyclic) bond motifs is 3. The molecule has 0 atom stereocenters. The fourth-order valence-corrected chi connectivity index (χ4v) is 4.20. The molecule has 8 nitrogen and oxygen atoms in total. The number of aromatic amines is 2. The molecule has 6 rings (SSSR count). The first-order valence-corrected chi connectivity index (χ1v) is 9.86. The zero-order valence-electron chi connectivity index (χ0n) is 15.0. The number of aromatic nitrogens is 6. The van der Waals surface area contributed by atoms with Crippen LogP contribution in [0.5, 0.6) is 0 Å². The lowest BCUT2D eigenvalue weighted by Crippen LogP contribution is -2.00. The number of benzene rings is 2. The molecule has 4 aromatic heterocycles. The third-order valence-electron chi connectivity index (χ3n) is 4.79. The zero-order valence-corrected chi connectivity index (χ0v) is 15.8. The monoisotopic (exact) mass is 398 g/mol. The van der Waals surface area contributed by atoms with Crippen molar-refractivity contribution in [2.75, 3.05) is 10.6 Å². The van der Waals surface area contributed by atoms with Crippen LogP contribution >= 0.6 is 11.3 Å². The van der Waals surface area contributed by atoms with Crippen molar-refractivity contribution in [3.05, 3.63) is 60.2 Å². The molecule has 2 aromatic carbocycles. The molecule has 140 valence electrons. The van der Waals surface area contributed by atoms with Gasteiger partial charge in [-0.25, -0.2) is 0 Å². The van der Waals surface area contributed by atoms with Gasteiger partial charge in [0, 0.05) is 27.5 Å². The molecule has 29 heavy (non-hydrogen) atoms. The summed E-state index contributed by atoms with van der Waals surface area (Å²) < 4.78 is 1.04. The van der Waals surface area contributed by atoms with Crippen LogP contribution < -0.4 is 10.6 Å². The van der Waals surface area contributed by atoms with E-state index in [1.807, 2.05) is 41.8 Å². The van der Waals surface area contributed by atoms with Gasteiger partial charge in [0.15, 0.2) is 11.6 Å². The predicted molar refractivity (Wildman–Crippen MR) is 116 cm³/mol. The fourth-order valence-electron chi connectivity index (χ4n) is 3.37. The van der Waals surface area contributed by atoms with Gasteiger partial charge in [-0.05, 0) is 47.8 Å². The summed E-state index contributed by atoms with van der Waals surface area (Å²) in [4.78, 5) is 0. The Bertz CT molecular complexity index is 1370. The lowest BCUT2D eigenvalue weighted by atomic mass is 10.2. The summed E-state index contributed by atoms with van der Waals surface area (Å²) in [5, 5.41) is 34.8. The maximum atomic E-state index is 4.44. The summed E-state index contributed by atoms with van der Waals surface area (Å²) in [6.07, 6.45) is 3.60. The average molecular weight is 398 g/mol. The Balaban J connectivity index is 1.35. The smallest absolute Gasteiger partial charge is 0.171 e. The molecule has 0 fully saturated rings. The minimum atomic E-state index is 0.722. The minimum absolute atomic E-state index is 0.722. The molecule has 0 spiro atoms. The Hall–Kier alpha value is -3.98. The first-order valence-electron chi connectivity index (χ1n) is 8.98. The Labute approximate surface area is 168 Å². The van der Waals surface area contributed by atoms with Crippen LogP contribution in [0.3, 0.4) is 0 Å². The van der Waals surface area contributed by atoms with Crippen molar-refractivity contribution in [2.45, 2.75) is 0 Å². The van der Waals surface area contributed by atoms with E-state index in [-0.39, 0.29) is 0 Å². The van der Waals surface area contributed by atoms with E-state index in [2.05, 4.69) is 47.3 Å². The first-order chi connectivity index (χ1) is 14.3. The SMILES string of the molecule is c1cc2c(Nc3ccc4[nH]ncc4c3)nnc(Nc3ccc4[nH]ncc4c3)c2s1. The highest BCUT2D eigenvalue weighted by atomic mass is 32.1. The molecule has 0 bridgehead atoms. The number of rotatable bonds is 4. The zero-order chi connectivity index (χ0) is 19.2. The second-order valence-corrected chi connectivity index (χ2v) is 7.57. The van der Waals surface area contributed by atoms with Crippen molar-refractivity contribution in [2.24, 2.45) is 0 Å². The summed E-state index contributed by atoms with van der Waals surface area (Å²) >= 11 is 1.63. The predicted octanol–water partition coefficient (Wildman–Crippen LogP) is 4.93. The largest absolute Gasteiger partial charge is 0.338 e. The number of H-pyrrole nitrogens is 2. The molecule has 4 heterocycles. The lowest BCUT2D eigenvalue weighted by molar-refractivity contribution is 1.06. The van der Waals surface area contributed by atoms with E-state index in [1.165, 1.54) is 0 Å². The Kier molecular flexibility index (Phi) is 3.47. The Morgan fingerprint density at radius 2 is 1.34 bits per heavy atom. The van der Waals surface area contributed by atoms with E-state index < -0.39 is 0 Å². The molecular weight excluding hydrogens is 384 g/mol. The van der Waals surface area contributed by atoms with Crippen LogP contribution in [0.1, 0.15) is 0 Å². The van der Waals surface area contributed by atoms with E-state index in [0.717, 1.165) is 54.9 Å². The van der Waals surface area contributed by atoms with Gasteiger partial charge >= 0.3 is 0 Å². The summed E-state index contributed by atoms with van der Waals surface area (Å²) in [5.74, 6) is 1.45. The molecule has 0 amide bonds. The summed E-state index contributed by atoms with van der Waals surface area (Å²) in [5.41, 5.74) is 3.87. The Morgan fingerprint density at radius 1 is 0.724 bits per heavy atom. The van der Waals surface area contributed by atoms with Crippen molar-refractivity contribution < 1.29 is 0 Å². The highest BCUT2D eigenvalue weighted by molar-refractivity contribution is 7.17. The van der Waals surface area contributed by atoms with E-state index in [4.69, 9.17) is 0 Å². The van der Waals surface area contributed by atoms with Crippen LogP contribution in [0.15, 0.2) is 60.2 Å². The number of hydrogen-bond donors (Lipinski definition) is 4. The van der Waals surface area contributed by atoms with Crippen LogP contribution in [0.4, 0.5) is 23.0 Å². The van der Waals surface area contributed by atoms with Crippen molar-refractivity contribution in [1.82, 2.24) is 30.6 Å². The molecule has 0 radical (unpaired) electrons. The van der Waals surface area contributed by atoms with E-state index in [0.29, 0.717) is 0 Å². The number of anilines is 4. The van der Waals surface area contributed by atoms with Gasteiger partial charge in [-0.15, -0.1) is 21.5 Å². The molecule has 0 aliphatic carbocycles. The summed E-state index contributed by atoms with van der Waals surface area (Å²) in [7, 11) is 0. The highest BCUT2D eigenvalue weighted by Gasteiger charge is 2.12. The van der Waals surface area contributed by atoms with Gasteiger partial charge in [0.1, 0.15) is 0 Å². The van der Waals surface area contributed by atoms with Crippen LogP contribution in [0.25, 0.3) is 31.9 Å². The maximum absolute atomic E-state index is 4.44. The molecule has 0 aliphatic rings. The third-order valence-corrected chi connectivity index (χ3v) is 5.71. The standard InChI is InChI=1S/C20H14N8S/c1-3-16-11(9-21-25-16)7-13(1)23-19-15-5-6-29-18(15)20(28-27-19)24-14-2-4-17-12(8-14)10-22-26-17/h1-10H,(H,21,25)(H,22,26)(H,23,27)(H,24,28). The normalized spacial score (nSPS) is 11.4. The van der Waals surface area contributed by atoms with E-state index in [9.17, 15) is 0 Å². The van der Waals surface area contributed by atoms with Crippen LogP contribution in [0.2, 0.25) is 0 Å². The quantitative estimate of drug-likeness (QED) is 0.335. The minimum Gasteiger partial charge on any atom is -0.338 e. The molecule has 9 heteroatoms. The van der Waals surface area contributed by atoms with Crippen molar-refractivity contribution >= 4 is 66.2 Å². The van der Waals surface area contributed by atoms with Gasteiger partial charge in [-0.3, -0.25) is 10.2 Å². The van der Waals surface area contributed by atoms with Gasteiger partial charge in [0.2, 0.25) is 0 Å². The third kappa shape index (κ3) is 2.75. The molecular formula is C20H14N8S. The molecule has 6 aromatic rings. The topological polar surface area (TPSA) is 107 Å². The molecule has 4 N–H and O–H groups in total. The lowest BCUT2D eigenvalue weighted by Gasteiger charge is -2.10. The van der Waals surface area contributed by atoms with Crippen LogP contribution in [-0.4, -0.2) is 30.6 Å². The number of thiophene rings is 1. The van der Waals surface area contributed by atoms with Gasteiger partial charge in [-0.1, -0.05) is 0 Å². The van der Waals surface area contributed by atoms with Crippen molar-refractivity contribution in [3.8, 4) is 0 Å². The summed E-state index contributed by atoms with van der Waals surface area (Å²) in [6, 6.07) is 14.1. The maximum Gasteiger partial charge on any atom is 0.171 e. The van der Waals surface area contributed by atoms with Gasteiger partial charge in [0.25, 0.3) is 0 Å². The van der Waals surface area contributed by atoms with Gasteiger partial charge in [0.05, 0.1) is 28.1 Å². The highest BCUT2D eigenvalue weighted by Crippen LogP contribution is 2.34. The fraction of sp³-hybridized carbons (Fsp3) is 0. The average Bonchev–Trinajstić information content (AvgIpc) is 3.49. The summed E-state index contributed by atoms with van der Waals surface area (Å²) in [6.45, 7) is 0.